The number of benzene rings is 1. The molecule has 0 unspecified atom stereocenters. The number of hydrogen-bond acceptors (Lipinski definition) is 4. The number of β-amino-alcohol motifs (C(OH)–C–C–N with tert-alkyl or cyclic N) is 1. The van der Waals surface area contributed by atoms with Gasteiger partial charge in [-0.1, -0.05) is 18.2 Å². The number of aromatic nitrogens is 3. The van der Waals surface area contributed by atoms with Crippen molar-refractivity contribution in [1.82, 2.24) is 19.7 Å². The second-order valence-corrected chi connectivity index (χ2v) is 6.65. The van der Waals surface area contributed by atoms with E-state index in [1.807, 2.05) is 53.6 Å². The number of likely N-dealkylation sites (tertiary alicyclic amines) is 1. The van der Waals surface area contributed by atoms with Gasteiger partial charge < -0.3 is 5.11 Å². The van der Waals surface area contributed by atoms with Gasteiger partial charge in [0.2, 0.25) is 0 Å². The maximum absolute atomic E-state index is 10.5. The van der Waals surface area contributed by atoms with E-state index in [2.05, 4.69) is 33.2 Å². The van der Waals surface area contributed by atoms with Crippen LogP contribution in [0.3, 0.4) is 0 Å². The summed E-state index contributed by atoms with van der Waals surface area (Å²) in [5.74, 6) is 0.260. The molecule has 3 heterocycles. The van der Waals surface area contributed by atoms with E-state index in [0.717, 1.165) is 30.9 Å². The maximum Gasteiger partial charge on any atom is 0.0710 e. The minimum absolute atomic E-state index is 0.260. The fraction of sp³-hybridized carbons (Fsp3) is 0.300. The summed E-state index contributed by atoms with van der Waals surface area (Å²) in [6, 6.07) is 16.3. The first-order valence-corrected chi connectivity index (χ1v) is 8.67. The Hall–Kier alpha value is -2.50. The summed E-state index contributed by atoms with van der Waals surface area (Å²) in [6.07, 6.45) is 6.06. The number of pyridine rings is 1. The van der Waals surface area contributed by atoms with Crippen LogP contribution in [0, 0.1) is 5.92 Å². The Labute approximate surface area is 147 Å². The molecule has 1 aromatic carbocycles. The summed E-state index contributed by atoms with van der Waals surface area (Å²) in [5.41, 5.74) is 3.44. The fourth-order valence-electron chi connectivity index (χ4n) is 3.57. The molecule has 5 nitrogen and oxygen atoms in total. The van der Waals surface area contributed by atoms with E-state index in [-0.39, 0.29) is 12.0 Å². The first-order valence-electron chi connectivity index (χ1n) is 8.67. The number of rotatable bonds is 5. The molecule has 2 aromatic heterocycles. The second-order valence-electron chi connectivity index (χ2n) is 6.65. The fourth-order valence-corrected chi connectivity index (χ4v) is 3.57. The molecule has 0 bridgehead atoms. The summed E-state index contributed by atoms with van der Waals surface area (Å²) < 4.78 is 1.97. The molecule has 1 saturated heterocycles. The number of para-hydroxylation sites is 1. The molecule has 0 aliphatic carbocycles. The van der Waals surface area contributed by atoms with Crippen LogP contribution in [0.25, 0.3) is 5.69 Å². The van der Waals surface area contributed by atoms with E-state index in [1.54, 1.807) is 0 Å². The third-order valence-electron chi connectivity index (χ3n) is 4.84. The van der Waals surface area contributed by atoms with Gasteiger partial charge in [-0.15, -0.1) is 0 Å². The Morgan fingerprint density at radius 1 is 0.960 bits per heavy atom. The van der Waals surface area contributed by atoms with Crippen molar-refractivity contribution >= 4 is 0 Å². The van der Waals surface area contributed by atoms with Gasteiger partial charge in [-0.05, 0) is 42.3 Å². The third kappa shape index (κ3) is 3.62. The highest BCUT2D eigenvalue weighted by Crippen LogP contribution is 2.23. The predicted molar refractivity (Wildman–Crippen MR) is 96.3 cm³/mol. The second kappa shape index (κ2) is 7.17. The lowest BCUT2D eigenvalue weighted by molar-refractivity contribution is 0.141. The van der Waals surface area contributed by atoms with Crippen LogP contribution in [0.5, 0.6) is 0 Å². The van der Waals surface area contributed by atoms with Gasteiger partial charge in [0, 0.05) is 44.1 Å². The average Bonchev–Trinajstić information content (AvgIpc) is 3.24. The Morgan fingerprint density at radius 2 is 1.76 bits per heavy atom. The topological polar surface area (TPSA) is 54.2 Å². The quantitative estimate of drug-likeness (QED) is 0.778. The molecule has 0 saturated carbocycles. The van der Waals surface area contributed by atoms with Crippen LogP contribution < -0.4 is 0 Å². The molecule has 3 aromatic rings. The highest BCUT2D eigenvalue weighted by atomic mass is 16.3. The molecule has 5 heteroatoms. The molecule has 0 radical (unpaired) electrons. The summed E-state index contributed by atoms with van der Waals surface area (Å²) in [6.45, 7) is 2.39. The van der Waals surface area contributed by atoms with E-state index >= 15 is 0 Å². The van der Waals surface area contributed by atoms with Crippen LogP contribution >= 0.6 is 0 Å². The first kappa shape index (κ1) is 16.0. The van der Waals surface area contributed by atoms with E-state index in [0.29, 0.717) is 6.54 Å². The smallest absolute Gasteiger partial charge is 0.0710 e. The van der Waals surface area contributed by atoms with Gasteiger partial charge in [0.1, 0.15) is 0 Å². The van der Waals surface area contributed by atoms with Crippen molar-refractivity contribution in [3.63, 3.8) is 0 Å². The van der Waals surface area contributed by atoms with Crippen molar-refractivity contribution in [3.8, 4) is 5.69 Å². The largest absolute Gasteiger partial charge is 0.391 e. The number of aliphatic hydroxyl groups excluding tert-OH is 1. The number of aliphatic hydroxyl groups is 1. The van der Waals surface area contributed by atoms with Gasteiger partial charge in [0.15, 0.2) is 0 Å². The Morgan fingerprint density at radius 3 is 2.56 bits per heavy atom. The van der Waals surface area contributed by atoms with Crippen LogP contribution in [0.15, 0.2) is 67.1 Å². The van der Waals surface area contributed by atoms with Crippen molar-refractivity contribution in [1.29, 1.82) is 0 Å². The summed E-state index contributed by atoms with van der Waals surface area (Å²) in [7, 11) is 0. The average molecular weight is 334 g/mol. The van der Waals surface area contributed by atoms with Crippen LogP contribution in [0.1, 0.15) is 11.3 Å². The van der Waals surface area contributed by atoms with Crippen LogP contribution in [-0.2, 0) is 13.0 Å². The highest BCUT2D eigenvalue weighted by molar-refractivity contribution is 5.32. The molecule has 1 N–H and O–H groups in total. The lowest BCUT2D eigenvalue weighted by atomic mass is 9.97. The predicted octanol–water partition coefficient (Wildman–Crippen LogP) is 2.30. The molecular weight excluding hydrogens is 312 g/mol. The number of nitrogens with zero attached hydrogens (tertiary/aromatic N) is 4. The van der Waals surface area contributed by atoms with Gasteiger partial charge >= 0.3 is 0 Å². The minimum Gasteiger partial charge on any atom is -0.391 e. The Bertz CT molecular complexity index is 803. The minimum atomic E-state index is -0.290. The van der Waals surface area contributed by atoms with Crippen LogP contribution in [0.2, 0.25) is 0 Å². The van der Waals surface area contributed by atoms with Crippen molar-refractivity contribution in [2.24, 2.45) is 5.92 Å². The summed E-state index contributed by atoms with van der Waals surface area (Å²) >= 11 is 0. The SMILES string of the molecule is O[C@@H]1CN(Cc2ccnn2-c2ccccc2)C[C@H]1Cc1ccncc1. The lowest BCUT2D eigenvalue weighted by Crippen LogP contribution is -2.23. The zero-order valence-electron chi connectivity index (χ0n) is 14.1. The molecule has 2 atom stereocenters. The van der Waals surface area contributed by atoms with Gasteiger partial charge in [-0.3, -0.25) is 9.88 Å². The maximum atomic E-state index is 10.5. The van der Waals surface area contributed by atoms with Gasteiger partial charge in [-0.25, -0.2) is 4.68 Å². The van der Waals surface area contributed by atoms with Crippen LogP contribution in [-0.4, -0.2) is 44.0 Å². The molecule has 4 rings (SSSR count). The van der Waals surface area contributed by atoms with E-state index in [1.165, 1.54) is 5.56 Å². The molecule has 1 aliphatic rings. The Balaban J connectivity index is 1.44. The van der Waals surface area contributed by atoms with Crippen molar-refractivity contribution in [2.45, 2.75) is 19.1 Å². The lowest BCUT2D eigenvalue weighted by Gasteiger charge is -2.16. The zero-order valence-corrected chi connectivity index (χ0v) is 14.1. The molecule has 25 heavy (non-hydrogen) atoms. The summed E-state index contributed by atoms with van der Waals surface area (Å²) in [5, 5.41) is 14.9. The van der Waals surface area contributed by atoms with E-state index < -0.39 is 0 Å². The zero-order chi connectivity index (χ0) is 17.1. The standard InChI is InChI=1S/C20H22N4O/c25-20-15-23(13-17(20)12-16-6-9-21-10-7-16)14-19-8-11-22-24(19)18-4-2-1-3-5-18/h1-11,17,20,25H,12-15H2/t17-,20-/m1/s1. The third-order valence-corrected chi connectivity index (χ3v) is 4.84. The van der Waals surface area contributed by atoms with E-state index in [9.17, 15) is 5.11 Å². The van der Waals surface area contributed by atoms with Gasteiger partial charge in [-0.2, -0.15) is 5.10 Å². The molecule has 128 valence electrons. The molecular formula is C20H22N4O. The normalized spacial score (nSPS) is 20.8. The molecule has 0 amide bonds. The van der Waals surface area contributed by atoms with E-state index in [4.69, 9.17) is 0 Å². The molecule has 0 spiro atoms. The molecule has 1 aliphatic heterocycles. The first-order chi connectivity index (χ1) is 12.3. The van der Waals surface area contributed by atoms with Crippen molar-refractivity contribution < 1.29 is 5.11 Å². The summed E-state index contributed by atoms with van der Waals surface area (Å²) in [4.78, 5) is 6.37. The van der Waals surface area contributed by atoms with Gasteiger partial charge in [0.25, 0.3) is 0 Å². The van der Waals surface area contributed by atoms with Crippen LogP contribution in [0.4, 0.5) is 0 Å². The van der Waals surface area contributed by atoms with Crippen molar-refractivity contribution in [3.05, 3.63) is 78.4 Å². The molecule has 1 fully saturated rings. The number of hydrogen-bond donors (Lipinski definition) is 1. The van der Waals surface area contributed by atoms with Gasteiger partial charge in [0.05, 0.1) is 17.5 Å². The monoisotopic (exact) mass is 334 g/mol. The Kier molecular flexibility index (Phi) is 4.59. The van der Waals surface area contributed by atoms with Crippen molar-refractivity contribution in [2.75, 3.05) is 13.1 Å². The highest BCUT2D eigenvalue weighted by Gasteiger charge is 2.31.